The van der Waals surface area contributed by atoms with Crippen molar-refractivity contribution in [3.05, 3.63) is 0 Å². The standard InChI is InChI=1S/C17H32N2O/c1-14(18-2)16-7-3-6-12-19(16)13-15-8-11-17(20-15)9-4-5-10-17/h14-16,18H,3-13H2,1-2H3. The Kier molecular flexibility index (Phi) is 4.68. The third-order valence-corrected chi connectivity index (χ3v) is 5.99. The van der Waals surface area contributed by atoms with Gasteiger partial charge in [-0.1, -0.05) is 19.3 Å². The van der Waals surface area contributed by atoms with Gasteiger partial charge in [-0.2, -0.15) is 0 Å². The van der Waals surface area contributed by atoms with Crippen LogP contribution < -0.4 is 5.32 Å². The van der Waals surface area contributed by atoms with Gasteiger partial charge < -0.3 is 10.1 Å². The highest BCUT2D eigenvalue weighted by Gasteiger charge is 2.43. The van der Waals surface area contributed by atoms with Crippen molar-refractivity contribution >= 4 is 0 Å². The molecule has 2 aliphatic heterocycles. The van der Waals surface area contributed by atoms with E-state index in [-0.39, 0.29) is 0 Å². The van der Waals surface area contributed by atoms with Crippen molar-refractivity contribution in [2.75, 3.05) is 20.1 Å². The highest BCUT2D eigenvalue weighted by Crippen LogP contribution is 2.43. The van der Waals surface area contributed by atoms with Gasteiger partial charge in [0.1, 0.15) is 0 Å². The quantitative estimate of drug-likeness (QED) is 0.857. The van der Waals surface area contributed by atoms with Crippen LogP contribution >= 0.6 is 0 Å². The summed E-state index contributed by atoms with van der Waals surface area (Å²) in [7, 11) is 2.09. The summed E-state index contributed by atoms with van der Waals surface area (Å²) < 4.78 is 6.51. The van der Waals surface area contributed by atoms with Crippen LogP contribution in [0.3, 0.4) is 0 Å². The topological polar surface area (TPSA) is 24.5 Å². The fraction of sp³-hybridized carbons (Fsp3) is 1.00. The molecule has 1 N–H and O–H groups in total. The van der Waals surface area contributed by atoms with Crippen molar-refractivity contribution in [3.63, 3.8) is 0 Å². The van der Waals surface area contributed by atoms with Crippen molar-refractivity contribution in [3.8, 4) is 0 Å². The van der Waals surface area contributed by atoms with E-state index < -0.39 is 0 Å². The largest absolute Gasteiger partial charge is 0.370 e. The van der Waals surface area contributed by atoms with Crippen LogP contribution in [0.1, 0.15) is 64.7 Å². The maximum atomic E-state index is 6.51. The van der Waals surface area contributed by atoms with Crippen LogP contribution in [-0.2, 0) is 4.74 Å². The number of hydrogen-bond acceptors (Lipinski definition) is 3. The lowest BCUT2D eigenvalue weighted by Crippen LogP contribution is -2.52. The minimum atomic E-state index is 0.296. The minimum absolute atomic E-state index is 0.296. The molecule has 3 heteroatoms. The van der Waals surface area contributed by atoms with Crippen LogP contribution in [0.4, 0.5) is 0 Å². The summed E-state index contributed by atoms with van der Waals surface area (Å²) in [4.78, 5) is 2.71. The predicted molar refractivity (Wildman–Crippen MR) is 83.0 cm³/mol. The van der Waals surface area contributed by atoms with Gasteiger partial charge in [-0.3, -0.25) is 4.90 Å². The van der Waals surface area contributed by atoms with Gasteiger partial charge in [-0.25, -0.2) is 0 Å². The number of likely N-dealkylation sites (N-methyl/N-ethyl adjacent to an activating group) is 1. The molecule has 3 atom stereocenters. The smallest absolute Gasteiger partial charge is 0.0710 e. The third kappa shape index (κ3) is 3.05. The lowest BCUT2D eigenvalue weighted by Gasteiger charge is -2.40. The normalized spacial score (nSPS) is 35.7. The van der Waals surface area contributed by atoms with E-state index in [4.69, 9.17) is 4.74 Å². The Morgan fingerprint density at radius 2 is 1.95 bits per heavy atom. The van der Waals surface area contributed by atoms with Crippen LogP contribution in [-0.4, -0.2) is 48.8 Å². The molecule has 116 valence electrons. The lowest BCUT2D eigenvalue weighted by molar-refractivity contribution is -0.0556. The zero-order valence-corrected chi connectivity index (χ0v) is 13.4. The first-order valence-corrected chi connectivity index (χ1v) is 8.82. The molecule has 1 spiro atoms. The van der Waals surface area contributed by atoms with Gasteiger partial charge in [-0.15, -0.1) is 0 Å². The Hall–Kier alpha value is -0.120. The molecule has 1 aliphatic carbocycles. The lowest BCUT2D eigenvalue weighted by atomic mass is 9.95. The molecule has 3 rings (SSSR count). The number of hydrogen-bond donors (Lipinski definition) is 1. The second kappa shape index (κ2) is 6.33. The molecule has 3 nitrogen and oxygen atoms in total. The second-order valence-electron chi connectivity index (χ2n) is 7.30. The van der Waals surface area contributed by atoms with Gasteiger partial charge in [-0.05, 0) is 59.0 Å². The number of ether oxygens (including phenoxy) is 1. The summed E-state index contributed by atoms with van der Waals surface area (Å²) in [5, 5.41) is 3.46. The highest BCUT2D eigenvalue weighted by atomic mass is 16.5. The van der Waals surface area contributed by atoms with Gasteiger partial charge >= 0.3 is 0 Å². The molecule has 0 bridgehead atoms. The third-order valence-electron chi connectivity index (χ3n) is 5.99. The molecule has 3 unspecified atom stereocenters. The molecule has 3 aliphatic rings. The summed E-state index contributed by atoms with van der Waals surface area (Å²) in [6, 6.07) is 1.30. The van der Waals surface area contributed by atoms with E-state index in [0.717, 1.165) is 0 Å². The van der Waals surface area contributed by atoms with Gasteiger partial charge in [0.05, 0.1) is 11.7 Å². The molecule has 20 heavy (non-hydrogen) atoms. The molecule has 2 heterocycles. The summed E-state index contributed by atoms with van der Waals surface area (Å²) in [5.74, 6) is 0. The minimum Gasteiger partial charge on any atom is -0.370 e. The van der Waals surface area contributed by atoms with E-state index in [9.17, 15) is 0 Å². The maximum Gasteiger partial charge on any atom is 0.0710 e. The molecular formula is C17H32N2O. The Labute approximate surface area is 124 Å². The van der Waals surface area contributed by atoms with Gasteiger partial charge in [0.2, 0.25) is 0 Å². The number of nitrogens with zero attached hydrogens (tertiary/aromatic N) is 1. The molecule has 0 aromatic heterocycles. The SMILES string of the molecule is CNC(C)C1CCCCN1CC1CCC2(CCCC2)O1. The van der Waals surface area contributed by atoms with Gasteiger partial charge in [0.15, 0.2) is 0 Å². The molecular weight excluding hydrogens is 248 g/mol. The zero-order valence-electron chi connectivity index (χ0n) is 13.4. The number of piperidine rings is 1. The fourth-order valence-corrected chi connectivity index (χ4v) is 4.67. The maximum absolute atomic E-state index is 6.51. The van der Waals surface area contributed by atoms with Crippen LogP contribution in [0, 0.1) is 0 Å². The Morgan fingerprint density at radius 3 is 2.70 bits per heavy atom. The van der Waals surface area contributed by atoms with Crippen molar-refractivity contribution in [1.82, 2.24) is 10.2 Å². The monoisotopic (exact) mass is 280 g/mol. The van der Waals surface area contributed by atoms with Crippen molar-refractivity contribution < 1.29 is 4.74 Å². The van der Waals surface area contributed by atoms with E-state index in [1.54, 1.807) is 0 Å². The summed E-state index contributed by atoms with van der Waals surface area (Å²) in [6.07, 6.45) is 12.6. The Morgan fingerprint density at radius 1 is 1.15 bits per heavy atom. The van der Waals surface area contributed by atoms with Crippen molar-refractivity contribution in [2.45, 2.75) is 88.5 Å². The fourth-order valence-electron chi connectivity index (χ4n) is 4.67. The first kappa shape index (κ1) is 14.8. The van der Waals surface area contributed by atoms with Crippen molar-refractivity contribution in [1.29, 1.82) is 0 Å². The number of nitrogens with one attached hydrogen (secondary N) is 1. The molecule has 0 aromatic rings. The van der Waals surface area contributed by atoms with E-state index in [0.29, 0.717) is 23.8 Å². The predicted octanol–water partition coefficient (Wildman–Crippen LogP) is 2.94. The van der Waals surface area contributed by atoms with Crippen LogP contribution in [0.25, 0.3) is 0 Å². The summed E-state index contributed by atoms with van der Waals surface area (Å²) in [6.45, 7) is 4.76. The summed E-state index contributed by atoms with van der Waals surface area (Å²) >= 11 is 0. The molecule has 2 saturated heterocycles. The van der Waals surface area contributed by atoms with E-state index in [1.165, 1.54) is 70.9 Å². The average Bonchev–Trinajstić information content (AvgIpc) is 3.09. The molecule has 0 amide bonds. The van der Waals surface area contributed by atoms with Crippen LogP contribution in [0.2, 0.25) is 0 Å². The number of likely N-dealkylation sites (tertiary alicyclic amines) is 1. The Bertz CT molecular complexity index is 314. The highest BCUT2D eigenvalue weighted by molar-refractivity contribution is 4.95. The van der Waals surface area contributed by atoms with E-state index in [1.807, 2.05) is 0 Å². The first-order valence-electron chi connectivity index (χ1n) is 8.82. The van der Waals surface area contributed by atoms with Crippen molar-refractivity contribution in [2.24, 2.45) is 0 Å². The molecule has 3 fully saturated rings. The van der Waals surface area contributed by atoms with Gasteiger partial charge in [0, 0.05) is 18.6 Å². The molecule has 0 radical (unpaired) electrons. The first-order chi connectivity index (χ1) is 9.72. The van der Waals surface area contributed by atoms with Crippen LogP contribution in [0.15, 0.2) is 0 Å². The van der Waals surface area contributed by atoms with E-state index >= 15 is 0 Å². The number of rotatable bonds is 4. The Balaban J connectivity index is 1.56. The van der Waals surface area contributed by atoms with Crippen LogP contribution in [0.5, 0.6) is 0 Å². The second-order valence-corrected chi connectivity index (χ2v) is 7.30. The summed E-state index contributed by atoms with van der Waals surface area (Å²) in [5.41, 5.74) is 0.296. The molecule has 1 saturated carbocycles. The average molecular weight is 280 g/mol. The zero-order chi connectivity index (χ0) is 14.0. The van der Waals surface area contributed by atoms with E-state index in [2.05, 4.69) is 24.2 Å². The van der Waals surface area contributed by atoms with Gasteiger partial charge in [0.25, 0.3) is 0 Å². The molecule has 0 aromatic carbocycles.